The Labute approximate surface area is 198 Å². The number of methoxy groups -OCH3 is 1. The van der Waals surface area contributed by atoms with E-state index in [0.29, 0.717) is 39.8 Å². The second-order valence-corrected chi connectivity index (χ2v) is 8.03. The number of halogens is 2. The highest BCUT2D eigenvalue weighted by Gasteiger charge is 2.13. The van der Waals surface area contributed by atoms with Crippen LogP contribution in [0.3, 0.4) is 0 Å². The molecule has 0 saturated carbocycles. The molecule has 0 N–H and O–H groups in total. The first kappa shape index (κ1) is 22.6. The lowest BCUT2D eigenvalue weighted by atomic mass is 10.0. The Kier molecular flexibility index (Phi) is 7.50. The number of hydrogen-bond acceptors (Lipinski definition) is 5. The lowest BCUT2D eigenvalue weighted by Crippen LogP contribution is -2.00. The molecular weight excluding hydrogens is 531 g/mol. The van der Waals surface area contributed by atoms with E-state index in [-0.39, 0.29) is 5.69 Å². The van der Waals surface area contributed by atoms with Crippen LogP contribution in [-0.4, -0.2) is 12.0 Å². The van der Waals surface area contributed by atoms with Crippen LogP contribution in [0, 0.1) is 25.0 Å². The molecule has 0 aromatic heterocycles. The molecule has 156 valence electrons. The van der Waals surface area contributed by atoms with Crippen LogP contribution < -0.4 is 9.47 Å². The van der Waals surface area contributed by atoms with Crippen molar-refractivity contribution in [2.45, 2.75) is 6.61 Å². The zero-order chi connectivity index (χ0) is 22.4. The van der Waals surface area contributed by atoms with Gasteiger partial charge in [-0.15, -0.1) is 0 Å². The number of ether oxygens (including phenoxy) is 2. The van der Waals surface area contributed by atoms with E-state index in [1.54, 1.807) is 43.5 Å². The zero-order valence-electron chi connectivity index (χ0n) is 16.3. The molecule has 0 aliphatic carbocycles. The van der Waals surface area contributed by atoms with Gasteiger partial charge in [-0.25, -0.2) is 0 Å². The predicted octanol–water partition coefficient (Wildman–Crippen LogP) is 6.50. The number of rotatable bonds is 7. The maximum atomic E-state index is 11.0. The Morgan fingerprint density at radius 3 is 2.61 bits per heavy atom. The molecule has 3 rings (SSSR count). The summed E-state index contributed by atoms with van der Waals surface area (Å²) in [6, 6.07) is 19.1. The smallest absolute Gasteiger partial charge is 0.270 e. The summed E-state index contributed by atoms with van der Waals surface area (Å²) in [7, 11) is 1.54. The fourth-order valence-electron chi connectivity index (χ4n) is 2.83. The summed E-state index contributed by atoms with van der Waals surface area (Å²) in [5.41, 5.74) is 2.37. The number of nitro groups is 1. The number of nitrogens with zero attached hydrogens (tertiary/aromatic N) is 2. The third kappa shape index (κ3) is 5.75. The van der Waals surface area contributed by atoms with Crippen molar-refractivity contribution in [2.75, 3.05) is 7.11 Å². The van der Waals surface area contributed by atoms with Crippen molar-refractivity contribution in [2.24, 2.45) is 0 Å². The maximum absolute atomic E-state index is 11.0. The molecule has 0 unspecified atom stereocenters. The molecule has 0 fully saturated rings. The number of benzene rings is 3. The Morgan fingerprint density at radius 2 is 1.97 bits per heavy atom. The summed E-state index contributed by atoms with van der Waals surface area (Å²) in [6.45, 7) is 0.343. The second-order valence-electron chi connectivity index (χ2n) is 6.43. The second kappa shape index (κ2) is 10.3. The topological polar surface area (TPSA) is 85.4 Å². The molecule has 3 aromatic carbocycles. The van der Waals surface area contributed by atoms with Crippen molar-refractivity contribution < 1.29 is 14.4 Å². The minimum absolute atomic E-state index is 0.0724. The summed E-state index contributed by atoms with van der Waals surface area (Å²) in [6.07, 6.45) is 1.66. The monoisotopic (exact) mass is 546 g/mol. The zero-order valence-corrected chi connectivity index (χ0v) is 19.3. The molecule has 6 nitrogen and oxygen atoms in total. The molecule has 0 atom stereocenters. The minimum Gasteiger partial charge on any atom is -0.493 e. The normalized spacial score (nSPS) is 11.0. The third-order valence-electron chi connectivity index (χ3n) is 4.35. The molecule has 0 bridgehead atoms. The number of allylic oxidation sites excluding steroid dienone is 1. The molecule has 0 spiro atoms. The van der Waals surface area contributed by atoms with E-state index in [1.165, 1.54) is 12.1 Å². The predicted molar refractivity (Wildman–Crippen MR) is 128 cm³/mol. The van der Waals surface area contributed by atoms with Crippen LogP contribution >= 0.6 is 34.2 Å². The van der Waals surface area contributed by atoms with Gasteiger partial charge < -0.3 is 9.47 Å². The highest BCUT2D eigenvalue weighted by atomic mass is 127. The first-order valence-corrected chi connectivity index (χ1v) is 10.5. The first-order chi connectivity index (χ1) is 14.9. The number of nitriles is 1. The standard InChI is InChI=1S/C23H16ClIN2O4/c1-30-22-11-16(9-18(13-26)17-3-2-4-20(12-17)27(28)29)10-21(25)23(22)31-14-15-5-7-19(24)8-6-15/h2-12H,14H2,1H3/b18-9+. The van der Waals surface area contributed by atoms with Gasteiger partial charge in [0.1, 0.15) is 6.61 Å². The van der Waals surface area contributed by atoms with Crippen molar-refractivity contribution in [1.29, 1.82) is 5.26 Å². The van der Waals surface area contributed by atoms with Gasteiger partial charge in [0.25, 0.3) is 5.69 Å². The number of hydrogen-bond donors (Lipinski definition) is 0. The van der Waals surface area contributed by atoms with E-state index in [0.717, 1.165) is 9.13 Å². The summed E-state index contributed by atoms with van der Waals surface area (Å²) >= 11 is 8.06. The molecule has 0 amide bonds. The van der Waals surface area contributed by atoms with Gasteiger partial charge in [-0.2, -0.15) is 5.26 Å². The van der Waals surface area contributed by atoms with Gasteiger partial charge in [0, 0.05) is 17.2 Å². The quantitative estimate of drug-likeness (QED) is 0.111. The molecule has 0 aliphatic rings. The third-order valence-corrected chi connectivity index (χ3v) is 5.40. The van der Waals surface area contributed by atoms with Gasteiger partial charge in [0.05, 0.1) is 27.2 Å². The van der Waals surface area contributed by atoms with E-state index >= 15 is 0 Å². The lowest BCUT2D eigenvalue weighted by Gasteiger charge is -2.14. The van der Waals surface area contributed by atoms with Gasteiger partial charge in [-0.05, 0) is 69.6 Å². The summed E-state index contributed by atoms with van der Waals surface area (Å²) in [5.74, 6) is 1.10. The van der Waals surface area contributed by atoms with Crippen molar-refractivity contribution in [3.8, 4) is 17.6 Å². The van der Waals surface area contributed by atoms with Gasteiger partial charge in [-0.3, -0.25) is 10.1 Å². The SMILES string of the molecule is COc1cc(/C=C(\C#N)c2cccc([N+](=O)[O-])c2)cc(I)c1OCc1ccc(Cl)cc1. The van der Waals surface area contributed by atoms with Gasteiger partial charge in [0.2, 0.25) is 0 Å². The van der Waals surface area contributed by atoms with Crippen molar-refractivity contribution >= 4 is 51.5 Å². The minimum atomic E-state index is -0.489. The summed E-state index contributed by atoms with van der Waals surface area (Å²) in [4.78, 5) is 10.5. The number of non-ortho nitro benzene ring substituents is 1. The molecule has 0 heterocycles. The molecule has 0 aliphatic heterocycles. The Morgan fingerprint density at radius 1 is 1.23 bits per heavy atom. The van der Waals surface area contributed by atoms with E-state index in [4.69, 9.17) is 21.1 Å². The van der Waals surface area contributed by atoms with Crippen LogP contribution in [0.4, 0.5) is 5.69 Å². The number of nitro benzene ring substituents is 1. The average Bonchev–Trinajstić information content (AvgIpc) is 2.77. The highest BCUT2D eigenvalue weighted by Crippen LogP contribution is 2.36. The van der Waals surface area contributed by atoms with E-state index in [9.17, 15) is 15.4 Å². The van der Waals surface area contributed by atoms with Crippen LogP contribution in [0.25, 0.3) is 11.6 Å². The summed E-state index contributed by atoms with van der Waals surface area (Å²) in [5, 5.41) is 21.3. The van der Waals surface area contributed by atoms with Crippen molar-refractivity contribution in [1.82, 2.24) is 0 Å². The van der Waals surface area contributed by atoms with Crippen molar-refractivity contribution in [3.63, 3.8) is 0 Å². The largest absolute Gasteiger partial charge is 0.493 e. The van der Waals surface area contributed by atoms with Crippen LogP contribution in [0.1, 0.15) is 16.7 Å². The average molecular weight is 547 g/mol. The molecule has 0 saturated heterocycles. The summed E-state index contributed by atoms with van der Waals surface area (Å²) < 4.78 is 12.3. The van der Waals surface area contributed by atoms with E-state index in [2.05, 4.69) is 28.7 Å². The van der Waals surface area contributed by atoms with Crippen LogP contribution in [-0.2, 0) is 6.61 Å². The Balaban J connectivity index is 1.90. The molecule has 0 radical (unpaired) electrons. The van der Waals surface area contributed by atoms with Gasteiger partial charge in [-0.1, -0.05) is 35.9 Å². The molecule has 8 heteroatoms. The van der Waals surface area contributed by atoms with Crippen LogP contribution in [0.15, 0.2) is 60.7 Å². The maximum Gasteiger partial charge on any atom is 0.270 e. The fraction of sp³-hybridized carbons (Fsp3) is 0.0870. The van der Waals surface area contributed by atoms with Gasteiger partial charge >= 0.3 is 0 Å². The van der Waals surface area contributed by atoms with Crippen LogP contribution in [0.5, 0.6) is 11.5 Å². The molecule has 3 aromatic rings. The fourth-order valence-corrected chi connectivity index (χ4v) is 3.74. The Bertz CT molecular complexity index is 1190. The molecule has 31 heavy (non-hydrogen) atoms. The van der Waals surface area contributed by atoms with E-state index < -0.39 is 4.92 Å². The lowest BCUT2D eigenvalue weighted by molar-refractivity contribution is -0.384. The van der Waals surface area contributed by atoms with Crippen molar-refractivity contribution in [3.05, 3.63) is 96.1 Å². The Hall–Kier alpha value is -3.09. The van der Waals surface area contributed by atoms with Gasteiger partial charge in [0.15, 0.2) is 11.5 Å². The highest BCUT2D eigenvalue weighted by molar-refractivity contribution is 14.1. The van der Waals surface area contributed by atoms with Crippen LogP contribution in [0.2, 0.25) is 5.02 Å². The molecular formula is C23H16ClIN2O4. The van der Waals surface area contributed by atoms with E-state index in [1.807, 2.05) is 18.2 Å². The first-order valence-electron chi connectivity index (χ1n) is 9.02.